The van der Waals surface area contributed by atoms with Gasteiger partial charge in [0, 0.05) is 35.1 Å². The van der Waals surface area contributed by atoms with Crippen LogP contribution in [-0.4, -0.2) is 43.5 Å². The van der Waals surface area contributed by atoms with E-state index in [0.29, 0.717) is 29.2 Å². The number of hydrogen-bond acceptors (Lipinski definition) is 6. The van der Waals surface area contributed by atoms with Crippen molar-refractivity contribution >= 4 is 17.7 Å². The van der Waals surface area contributed by atoms with Gasteiger partial charge >= 0.3 is 11.9 Å². The molecule has 0 aliphatic carbocycles. The summed E-state index contributed by atoms with van der Waals surface area (Å²) in [5.74, 6) is -1.61. The molecule has 1 aliphatic rings. The summed E-state index contributed by atoms with van der Waals surface area (Å²) in [6.45, 7) is 7.75. The van der Waals surface area contributed by atoms with Crippen LogP contribution >= 0.6 is 0 Å². The molecule has 0 fully saturated rings. The number of aromatic amines is 1. The minimum Gasteiger partial charge on any atom is -0.497 e. The van der Waals surface area contributed by atoms with Gasteiger partial charge in [-0.2, -0.15) is 0 Å². The Morgan fingerprint density at radius 3 is 2.47 bits per heavy atom. The van der Waals surface area contributed by atoms with E-state index in [1.807, 2.05) is 44.2 Å². The zero-order valence-corrected chi connectivity index (χ0v) is 19.4. The molecular weight excluding hydrogens is 408 g/mol. The number of ether oxygens (including phenoxy) is 3. The van der Waals surface area contributed by atoms with Crippen LogP contribution in [0.15, 0.2) is 46.6 Å². The van der Waals surface area contributed by atoms with Gasteiger partial charge in [-0.1, -0.05) is 12.1 Å². The largest absolute Gasteiger partial charge is 0.497 e. The molecule has 2 unspecified atom stereocenters. The van der Waals surface area contributed by atoms with Crippen LogP contribution in [0, 0.1) is 19.8 Å². The molecule has 7 nitrogen and oxygen atoms in total. The lowest BCUT2D eigenvalue weighted by Crippen LogP contribution is -2.36. The number of rotatable bonds is 7. The van der Waals surface area contributed by atoms with Crippen molar-refractivity contribution in [2.24, 2.45) is 10.9 Å². The Bertz CT molecular complexity index is 1080. The lowest BCUT2D eigenvalue weighted by Gasteiger charge is -2.31. The Balaban J connectivity index is 1.93. The molecule has 2 heterocycles. The van der Waals surface area contributed by atoms with Gasteiger partial charge in [0.1, 0.15) is 11.7 Å². The number of aromatic nitrogens is 1. The van der Waals surface area contributed by atoms with Gasteiger partial charge in [-0.3, -0.25) is 9.79 Å². The summed E-state index contributed by atoms with van der Waals surface area (Å²) in [5.41, 5.74) is 5.49. The van der Waals surface area contributed by atoms with E-state index in [1.165, 1.54) is 7.11 Å². The summed E-state index contributed by atoms with van der Waals surface area (Å²) < 4.78 is 16.1. The monoisotopic (exact) mass is 438 g/mol. The van der Waals surface area contributed by atoms with Crippen LogP contribution in [0.2, 0.25) is 0 Å². The molecule has 0 spiro atoms. The van der Waals surface area contributed by atoms with Crippen LogP contribution in [0.1, 0.15) is 42.3 Å². The van der Waals surface area contributed by atoms with Crippen molar-refractivity contribution in [1.82, 2.24) is 4.98 Å². The van der Waals surface area contributed by atoms with Crippen molar-refractivity contribution in [2.45, 2.75) is 40.0 Å². The highest BCUT2D eigenvalue weighted by atomic mass is 16.5. The van der Waals surface area contributed by atoms with Crippen LogP contribution in [0.4, 0.5) is 0 Å². The third-order valence-electron chi connectivity index (χ3n) is 5.82. The van der Waals surface area contributed by atoms with E-state index in [4.69, 9.17) is 14.2 Å². The smallest absolute Gasteiger partial charge is 0.336 e. The van der Waals surface area contributed by atoms with Gasteiger partial charge in [0.25, 0.3) is 0 Å². The number of benzene rings is 1. The first-order valence-electron chi connectivity index (χ1n) is 10.6. The molecule has 2 aromatic rings. The van der Waals surface area contributed by atoms with Gasteiger partial charge in [-0.05, 0) is 57.0 Å². The van der Waals surface area contributed by atoms with Crippen LogP contribution < -0.4 is 4.74 Å². The van der Waals surface area contributed by atoms with E-state index < -0.39 is 23.8 Å². The number of esters is 2. The summed E-state index contributed by atoms with van der Waals surface area (Å²) in [4.78, 5) is 33.7. The third-order valence-corrected chi connectivity index (χ3v) is 5.82. The molecule has 3 rings (SSSR count). The molecule has 170 valence electrons. The molecule has 7 heteroatoms. The van der Waals surface area contributed by atoms with Gasteiger partial charge in [0.2, 0.25) is 0 Å². The number of carbonyl (C=O) groups excluding carboxylic acids is 2. The van der Waals surface area contributed by atoms with E-state index in [9.17, 15) is 9.59 Å². The average Bonchev–Trinajstić information content (AvgIpc) is 3.09. The van der Waals surface area contributed by atoms with Crippen molar-refractivity contribution in [1.29, 1.82) is 0 Å². The number of aliphatic imine (C=N–C) groups is 1. The number of allylic oxidation sites excluding steroid dienone is 1. The van der Waals surface area contributed by atoms with E-state index in [0.717, 1.165) is 22.5 Å². The lowest BCUT2D eigenvalue weighted by atomic mass is 9.75. The molecule has 0 bridgehead atoms. The first-order chi connectivity index (χ1) is 15.3. The third kappa shape index (κ3) is 4.77. The summed E-state index contributed by atoms with van der Waals surface area (Å²) >= 11 is 0. The van der Waals surface area contributed by atoms with Crippen molar-refractivity contribution in [3.8, 4) is 5.75 Å². The SMILES string of the molecule is COC(=O)C1C(C)=NC(C)=C(C(=O)OCCc2cc(C)[nH]c2C)C1c1cccc(OC)c1. The Morgan fingerprint density at radius 2 is 1.84 bits per heavy atom. The Labute approximate surface area is 188 Å². The number of methoxy groups -OCH3 is 2. The number of H-pyrrole nitrogens is 1. The van der Waals surface area contributed by atoms with E-state index in [1.54, 1.807) is 21.0 Å². The molecule has 32 heavy (non-hydrogen) atoms. The maximum absolute atomic E-state index is 13.2. The van der Waals surface area contributed by atoms with Gasteiger partial charge in [-0.25, -0.2) is 4.79 Å². The highest BCUT2D eigenvalue weighted by Crippen LogP contribution is 2.40. The van der Waals surface area contributed by atoms with E-state index >= 15 is 0 Å². The second kappa shape index (κ2) is 9.85. The Kier molecular flexibility index (Phi) is 7.18. The number of nitrogens with one attached hydrogen (secondary N) is 1. The molecule has 2 atom stereocenters. The molecule has 1 N–H and O–H groups in total. The Hall–Kier alpha value is -3.35. The van der Waals surface area contributed by atoms with E-state index in [2.05, 4.69) is 9.98 Å². The average molecular weight is 439 g/mol. The predicted octanol–water partition coefficient (Wildman–Crippen LogP) is 4.05. The maximum atomic E-state index is 13.2. The number of carbonyl (C=O) groups is 2. The topological polar surface area (TPSA) is 90.0 Å². The van der Waals surface area contributed by atoms with Crippen LogP contribution in [-0.2, 0) is 25.5 Å². The fourth-order valence-corrected chi connectivity index (χ4v) is 4.30. The second-order valence-corrected chi connectivity index (χ2v) is 8.00. The minimum absolute atomic E-state index is 0.226. The van der Waals surface area contributed by atoms with Crippen molar-refractivity contribution in [2.75, 3.05) is 20.8 Å². The summed E-state index contributed by atoms with van der Waals surface area (Å²) in [6, 6.07) is 9.39. The molecule has 0 saturated heterocycles. The molecule has 1 aromatic heterocycles. The molecule has 0 amide bonds. The van der Waals surface area contributed by atoms with Gasteiger partial charge in [-0.15, -0.1) is 0 Å². The highest BCUT2D eigenvalue weighted by molar-refractivity contribution is 6.07. The first-order valence-corrected chi connectivity index (χ1v) is 10.6. The van der Waals surface area contributed by atoms with Crippen molar-refractivity contribution in [3.63, 3.8) is 0 Å². The normalized spacial score (nSPS) is 18.2. The van der Waals surface area contributed by atoms with Crippen LogP contribution in [0.25, 0.3) is 0 Å². The van der Waals surface area contributed by atoms with Gasteiger partial charge in [0.15, 0.2) is 0 Å². The predicted molar refractivity (Wildman–Crippen MR) is 122 cm³/mol. The van der Waals surface area contributed by atoms with Gasteiger partial charge < -0.3 is 19.2 Å². The molecular formula is C25H30N2O5. The van der Waals surface area contributed by atoms with Crippen LogP contribution in [0.3, 0.4) is 0 Å². The second-order valence-electron chi connectivity index (χ2n) is 8.00. The number of nitrogens with zero attached hydrogens (tertiary/aromatic N) is 1. The zero-order valence-electron chi connectivity index (χ0n) is 19.4. The molecule has 0 saturated carbocycles. The van der Waals surface area contributed by atoms with Crippen molar-refractivity contribution < 1.29 is 23.8 Å². The van der Waals surface area contributed by atoms with Gasteiger partial charge in [0.05, 0.1) is 26.4 Å². The molecule has 1 aromatic carbocycles. The zero-order chi connectivity index (χ0) is 23.4. The summed E-state index contributed by atoms with van der Waals surface area (Å²) in [6.07, 6.45) is 0.598. The Morgan fingerprint density at radius 1 is 1.09 bits per heavy atom. The number of hydrogen-bond donors (Lipinski definition) is 1. The van der Waals surface area contributed by atoms with Crippen LogP contribution in [0.5, 0.6) is 5.75 Å². The quantitative estimate of drug-likeness (QED) is 0.659. The highest BCUT2D eigenvalue weighted by Gasteiger charge is 2.42. The fraction of sp³-hybridized carbons (Fsp3) is 0.400. The first kappa shape index (κ1) is 23.3. The minimum atomic E-state index is -0.729. The standard InChI is InChI=1S/C25H30N2O5/c1-14-12-18(15(2)26-14)10-11-32-25(29)22-17(4)27-16(3)21(24(28)31-6)23(22)19-8-7-9-20(13-19)30-5/h7-9,12-13,21,23,26H,10-11H2,1-6H3. The maximum Gasteiger partial charge on any atom is 0.336 e. The summed E-state index contributed by atoms with van der Waals surface area (Å²) in [7, 11) is 2.91. The molecule has 0 radical (unpaired) electrons. The summed E-state index contributed by atoms with van der Waals surface area (Å²) in [5, 5.41) is 0. The fourth-order valence-electron chi connectivity index (χ4n) is 4.30. The molecule has 1 aliphatic heterocycles. The lowest BCUT2D eigenvalue weighted by molar-refractivity contribution is -0.144. The van der Waals surface area contributed by atoms with E-state index in [-0.39, 0.29) is 6.61 Å². The van der Waals surface area contributed by atoms with Crippen molar-refractivity contribution in [3.05, 3.63) is 64.1 Å². The number of aryl methyl sites for hydroxylation is 2.